The van der Waals surface area contributed by atoms with Gasteiger partial charge in [-0.15, -0.1) is 0 Å². The number of rotatable bonds is 5. The number of nitrogens with two attached hydrogens (primary N) is 1. The van der Waals surface area contributed by atoms with E-state index in [0.717, 1.165) is 13.0 Å². The maximum absolute atomic E-state index is 5.74. The van der Waals surface area contributed by atoms with Gasteiger partial charge in [0, 0.05) is 18.6 Å². The lowest BCUT2D eigenvalue weighted by atomic mass is 9.86. The molecule has 1 rings (SSSR count). The quantitative estimate of drug-likeness (QED) is 0.841. The molecule has 2 heteroatoms. The Morgan fingerprint density at radius 2 is 1.67 bits per heavy atom. The lowest BCUT2D eigenvalue weighted by Crippen LogP contribution is -2.37. The number of benzene rings is 1. The second kappa shape index (κ2) is 6.35. The van der Waals surface area contributed by atoms with Gasteiger partial charge >= 0.3 is 0 Å². The van der Waals surface area contributed by atoms with Gasteiger partial charge in [0.25, 0.3) is 0 Å². The molecular weight excluding hydrogens is 220 g/mol. The van der Waals surface area contributed by atoms with Gasteiger partial charge in [0.15, 0.2) is 0 Å². The van der Waals surface area contributed by atoms with E-state index in [0.29, 0.717) is 6.04 Å². The highest BCUT2D eigenvalue weighted by Gasteiger charge is 2.13. The SMILES string of the molecule is CC(N)CNC(C)Cc1ccc(C(C)(C)C)cc1. The summed E-state index contributed by atoms with van der Waals surface area (Å²) in [6.07, 6.45) is 1.05. The van der Waals surface area contributed by atoms with Gasteiger partial charge in [-0.2, -0.15) is 0 Å². The Bertz CT molecular complexity index is 346. The Balaban J connectivity index is 2.53. The van der Waals surface area contributed by atoms with Crippen molar-refractivity contribution in [2.75, 3.05) is 6.54 Å². The molecule has 18 heavy (non-hydrogen) atoms. The van der Waals surface area contributed by atoms with Crippen molar-refractivity contribution in [3.8, 4) is 0 Å². The molecule has 0 amide bonds. The first-order valence-corrected chi connectivity index (χ1v) is 6.87. The van der Waals surface area contributed by atoms with Crippen molar-refractivity contribution in [1.82, 2.24) is 5.32 Å². The van der Waals surface area contributed by atoms with Crippen LogP contribution in [0.1, 0.15) is 45.7 Å². The van der Waals surface area contributed by atoms with Crippen molar-refractivity contribution in [2.45, 2.75) is 58.5 Å². The molecule has 2 nitrogen and oxygen atoms in total. The topological polar surface area (TPSA) is 38.0 Å². The Morgan fingerprint density at radius 3 is 2.11 bits per heavy atom. The fraction of sp³-hybridized carbons (Fsp3) is 0.625. The summed E-state index contributed by atoms with van der Waals surface area (Å²) in [5.41, 5.74) is 8.75. The zero-order valence-corrected chi connectivity index (χ0v) is 12.5. The van der Waals surface area contributed by atoms with Crippen molar-refractivity contribution in [3.05, 3.63) is 35.4 Å². The van der Waals surface area contributed by atoms with Crippen molar-refractivity contribution < 1.29 is 0 Å². The molecular formula is C16H28N2. The Kier molecular flexibility index (Phi) is 5.36. The van der Waals surface area contributed by atoms with Crippen LogP contribution >= 0.6 is 0 Å². The Morgan fingerprint density at radius 1 is 1.11 bits per heavy atom. The molecule has 102 valence electrons. The summed E-state index contributed by atoms with van der Waals surface area (Å²) in [4.78, 5) is 0. The molecule has 1 aromatic carbocycles. The van der Waals surface area contributed by atoms with E-state index < -0.39 is 0 Å². The van der Waals surface area contributed by atoms with Gasteiger partial charge in [-0.25, -0.2) is 0 Å². The predicted molar refractivity (Wildman–Crippen MR) is 80.0 cm³/mol. The van der Waals surface area contributed by atoms with Gasteiger partial charge in [0.2, 0.25) is 0 Å². The van der Waals surface area contributed by atoms with Crippen molar-refractivity contribution in [1.29, 1.82) is 0 Å². The molecule has 0 fully saturated rings. The first-order valence-electron chi connectivity index (χ1n) is 6.87. The maximum atomic E-state index is 5.74. The first kappa shape index (κ1) is 15.2. The summed E-state index contributed by atoms with van der Waals surface area (Å²) in [5.74, 6) is 0. The van der Waals surface area contributed by atoms with Crippen LogP contribution in [0.5, 0.6) is 0 Å². The number of hydrogen-bond acceptors (Lipinski definition) is 2. The van der Waals surface area contributed by atoms with Crippen LogP contribution < -0.4 is 11.1 Å². The van der Waals surface area contributed by atoms with Crippen LogP contribution in [0.3, 0.4) is 0 Å². The maximum Gasteiger partial charge on any atom is 0.0136 e. The molecule has 0 aliphatic carbocycles. The largest absolute Gasteiger partial charge is 0.327 e. The molecule has 2 unspecified atom stereocenters. The van der Waals surface area contributed by atoms with Crippen molar-refractivity contribution in [2.24, 2.45) is 5.73 Å². The average Bonchev–Trinajstić information content (AvgIpc) is 2.26. The molecule has 1 aromatic rings. The van der Waals surface area contributed by atoms with Gasteiger partial charge in [-0.05, 0) is 36.8 Å². The lowest BCUT2D eigenvalue weighted by molar-refractivity contribution is 0.514. The summed E-state index contributed by atoms with van der Waals surface area (Å²) in [5, 5.41) is 3.45. The average molecular weight is 248 g/mol. The van der Waals surface area contributed by atoms with Gasteiger partial charge in [0.1, 0.15) is 0 Å². The minimum atomic E-state index is 0.218. The normalized spacial score (nSPS) is 15.4. The Hall–Kier alpha value is -0.860. The molecule has 0 radical (unpaired) electrons. The lowest BCUT2D eigenvalue weighted by Gasteiger charge is -2.20. The van der Waals surface area contributed by atoms with E-state index in [1.54, 1.807) is 0 Å². The summed E-state index contributed by atoms with van der Waals surface area (Å²) >= 11 is 0. The van der Waals surface area contributed by atoms with Gasteiger partial charge < -0.3 is 11.1 Å². The predicted octanol–water partition coefficient (Wildman–Crippen LogP) is 2.85. The second-order valence-corrected chi connectivity index (χ2v) is 6.44. The summed E-state index contributed by atoms with van der Waals surface area (Å²) in [6.45, 7) is 11.8. The fourth-order valence-corrected chi connectivity index (χ4v) is 1.95. The smallest absolute Gasteiger partial charge is 0.0136 e. The van der Waals surface area contributed by atoms with E-state index in [4.69, 9.17) is 5.73 Å². The molecule has 0 heterocycles. The fourth-order valence-electron chi connectivity index (χ4n) is 1.95. The minimum absolute atomic E-state index is 0.218. The molecule has 0 saturated carbocycles. The third kappa shape index (κ3) is 5.19. The number of hydrogen-bond donors (Lipinski definition) is 2. The van der Waals surface area contributed by atoms with Gasteiger partial charge in [-0.1, -0.05) is 45.0 Å². The Labute approximate surface area is 112 Å². The molecule has 0 bridgehead atoms. The van der Waals surface area contributed by atoms with Gasteiger partial charge in [0.05, 0.1) is 0 Å². The van der Waals surface area contributed by atoms with Crippen LogP contribution in [0.15, 0.2) is 24.3 Å². The monoisotopic (exact) mass is 248 g/mol. The molecule has 0 aliphatic heterocycles. The number of nitrogens with one attached hydrogen (secondary N) is 1. The summed E-state index contributed by atoms with van der Waals surface area (Å²) in [6, 6.07) is 9.66. The van der Waals surface area contributed by atoms with Crippen LogP contribution in [0.2, 0.25) is 0 Å². The van der Waals surface area contributed by atoms with Crippen LogP contribution in [-0.2, 0) is 11.8 Å². The highest BCUT2D eigenvalue weighted by atomic mass is 14.9. The van der Waals surface area contributed by atoms with Gasteiger partial charge in [-0.3, -0.25) is 0 Å². The molecule has 0 aliphatic rings. The van der Waals surface area contributed by atoms with E-state index in [9.17, 15) is 0 Å². The third-order valence-corrected chi connectivity index (χ3v) is 3.15. The zero-order chi connectivity index (χ0) is 13.8. The van der Waals surface area contributed by atoms with E-state index in [2.05, 4.69) is 57.3 Å². The van der Waals surface area contributed by atoms with E-state index in [1.165, 1.54) is 11.1 Å². The van der Waals surface area contributed by atoms with Crippen molar-refractivity contribution >= 4 is 0 Å². The van der Waals surface area contributed by atoms with Crippen LogP contribution in [0.4, 0.5) is 0 Å². The molecule has 0 spiro atoms. The van der Waals surface area contributed by atoms with Crippen LogP contribution in [0.25, 0.3) is 0 Å². The zero-order valence-electron chi connectivity index (χ0n) is 12.5. The molecule has 2 atom stereocenters. The van der Waals surface area contributed by atoms with E-state index in [1.807, 2.05) is 6.92 Å². The standard InChI is InChI=1S/C16H28N2/c1-12(17)11-18-13(2)10-14-6-8-15(9-7-14)16(3,4)5/h6-9,12-13,18H,10-11,17H2,1-5H3. The molecule has 0 aromatic heterocycles. The first-order chi connectivity index (χ1) is 8.29. The van der Waals surface area contributed by atoms with E-state index >= 15 is 0 Å². The highest BCUT2D eigenvalue weighted by Crippen LogP contribution is 2.22. The highest BCUT2D eigenvalue weighted by molar-refractivity contribution is 5.27. The molecule has 3 N–H and O–H groups in total. The van der Waals surface area contributed by atoms with E-state index in [-0.39, 0.29) is 11.5 Å². The summed E-state index contributed by atoms with van der Waals surface area (Å²) < 4.78 is 0. The third-order valence-electron chi connectivity index (χ3n) is 3.15. The minimum Gasteiger partial charge on any atom is -0.327 e. The van der Waals surface area contributed by atoms with Crippen LogP contribution in [0, 0.1) is 0 Å². The molecule has 0 saturated heterocycles. The van der Waals surface area contributed by atoms with Crippen LogP contribution in [-0.4, -0.2) is 18.6 Å². The van der Waals surface area contributed by atoms with Crippen molar-refractivity contribution in [3.63, 3.8) is 0 Å². The second-order valence-electron chi connectivity index (χ2n) is 6.44. The summed E-state index contributed by atoms with van der Waals surface area (Å²) in [7, 11) is 0.